The number of rotatable bonds is 5. The zero-order chi connectivity index (χ0) is 17.7. The van der Waals surface area contributed by atoms with Crippen LogP contribution in [0.25, 0.3) is 0 Å². The van der Waals surface area contributed by atoms with Crippen molar-refractivity contribution in [2.24, 2.45) is 17.1 Å². The lowest BCUT2D eigenvalue weighted by Gasteiger charge is -2.36. The first-order chi connectivity index (χ1) is 11.3. The molecule has 0 spiro atoms. The van der Waals surface area contributed by atoms with E-state index in [9.17, 15) is 9.59 Å². The molecular weight excluding hydrogens is 304 g/mol. The monoisotopic (exact) mass is 332 g/mol. The van der Waals surface area contributed by atoms with Crippen molar-refractivity contribution in [3.8, 4) is 0 Å². The molecule has 1 aliphatic rings. The number of aromatic nitrogens is 1. The molecule has 2 rings (SSSR count). The number of carbonyl (C=O) groups excluding carboxylic acids is 2. The Balaban J connectivity index is 2.00. The van der Waals surface area contributed by atoms with Gasteiger partial charge in [-0.2, -0.15) is 0 Å². The highest BCUT2D eigenvalue weighted by Crippen LogP contribution is 2.22. The van der Waals surface area contributed by atoms with Crippen molar-refractivity contribution < 1.29 is 9.59 Å². The van der Waals surface area contributed by atoms with Crippen molar-refractivity contribution in [3.05, 3.63) is 30.1 Å². The molecule has 132 valence electrons. The number of carbonyl (C=O) groups is 2. The van der Waals surface area contributed by atoms with Crippen LogP contribution < -0.4 is 5.73 Å². The fraction of sp³-hybridized carbons (Fsp3) is 0.611. The first kappa shape index (κ1) is 18.4. The second kappa shape index (κ2) is 7.75. The highest BCUT2D eigenvalue weighted by Gasteiger charge is 2.32. The van der Waals surface area contributed by atoms with Gasteiger partial charge in [0.15, 0.2) is 0 Å². The molecule has 1 fully saturated rings. The summed E-state index contributed by atoms with van der Waals surface area (Å²) in [5.41, 5.74) is 6.28. The van der Waals surface area contributed by atoms with E-state index in [0.717, 1.165) is 12.8 Å². The highest BCUT2D eigenvalue weighted by molar-refractivity contribution is 5.94. The largest absolute Gasteiger partial charge is 0.345 e. The van der Waals surface area contributed by atoms with Gasteiger partial charge in [-0.25, -0.2) is 0 Å². The SMILES string of the molecule is CN(CC(C)(C)CN)C(=O)C1CCCN(C(=O)c2ccncc2)C1. The van der Waals surface area contributed by atoms with Crippen LogP contribution in [-0.4, -0.2) is 59.8 Å². The molecule has 2 heterocycles. The minimum absolute atomic E-state index is 0.0279. The molecular formula is C18H28N4O2. The standard InChI is InChI=1S/C18H28N4O2/c1-18(2,12-19)13-21(3)16(23)15-5-4-10-22(11-15)17(24)14-6-8-20-9-7-14/h6-9,15H,4-5,10-13,19H2,1-3H3. The third-order valence-corrected chi connectivity index (χ3v) is 4.58. The van der Waals surface area contributed by atoms with E-state index in [4.69, 9.17) is 5.73 Å². The molecule has 24 heavy (non-hydrogen) atoms. The summed E-state index contributed by atoms with van der Waals surface area (Å²) < 4.78 is 0. The van der Waals surface area contributed by atoms with Gasteiger partial charge in [0.1, 0.15) is 0 Å². The van der Waals surface area contributed by atoms with Crippen LogP contribution >= 0.6 is 0 Å². The molecule has 0 bridgehead atoms. The number of pyridine rings is 1. The van der Waals surface area contributed by atoms with Crippen LogP contribution in [0, 0.1) is 11.3 Å². The van der Waals surface area contributed by atoms with Gasteiger partial charge in [-0.1, -0.05) is 13.8 Å². The summed E-state index contributed by atoms with van der Waals surface area (Å²) >= 11 is 0. The number of nitrogens with zero attached hydrogens (tertiary/aromatic N) is 3. The van der Waals surface area contributed by atoms with Crippen molar-refractivity contribution in [1.29, 1.82) is 0 Å². The van der Waals surface area contributed by atoms with E-state index >= 15 is 0 Å². The third-order valence-electron chi connectivity index (χ3n) is 4.58. The van der Waals surface area contributed by atoms with Gasteiger partial charge in [0, 0.05) is 44.6 Å². The van der Waals surface area contributed by atoms with Gasteiger partial charge in [-0.3, -0.25) is 14.6 Å². The van der Waals surface area contributed by atoms with Gasteiger partial charge >= 0.3 is 0 Å². The van der Waals surface area contributed by atoms with Gasteiger partial charge < -0.3 is 15.5 Å². The molecule has 1 aromatic heterocycles. The van der Waals surface area contributed by atoms with Crippen LogP contribution in [0.15, 0.2) is 24.5 Å². The summed E-state index contributed by atoms with van der Waals surface area (Å²) in [6.07, 6.45) is 4.90. The Labute approximate surface area is 144 Å². The fourth-order valence-corrected chi connectivity index (χ4v) is 3.14. The Hall–Kier alpha value is -1.95. The highest BCUT2D eigenvalue weighted by atomic mass is 16.2. The van der Waals surface area contributed by atoms with Gasteiger partial charge in [0.25, 0.3) is 5.91 Å². The Morgan fingerprint density at radius 3 is 2.67 bits per heavy atom. The molecule has 1 aromatic rings. The van der Waals surface area contributed by atoms with Gasteiger partial charge in [-0.05, 0) is 36.9 Å². The number of hydrogen-bond acceptors (Lipinski definition) is 4. The third kappa shape index (κ3) is 4.54. The molecule has 0 saturated carbocycles. The summed E-state index contributed by atoms with van der Waals surface area (Å²) in [7, 11) is 1.82. The minimum Gasteiger partial charge on any atom is -0.345 e. The summed E-state index contributed by atoms with van der Waals surface area (Å²) in [6, 6.07) is 3.42. The Morgan fingerprint density at radius 2 is 2.04 bits per heavy atom. The van der Waals surface area contributed by atoms with E-state index in [1.165, 1.54) is 0 Å². The van der Waals surface area contributed by atoms with Crippen LogP contribution in [0.3, 0.4) is 0 Å². The van der Waals surface area contributed by atoms with Gasteiger partial charge in [0.2, 0.25) is 5.91 Å². The molecule has 2 amide bonds. The fourth-order valence-electron chi connectivity index (χ4n) is 3.14. The molecule has 6 nitrogen and oxygen atoms in total. The van der Waals surface area contributed by atoms with E-state index < -0.39 is 0 Å². The van der Waals surface area contributed by atoms with E-state index in [1.807, 2.05) is 7.05 Å². The Morgan fingerprint density at radius 1 is 1.38 bits per heavy atom. The van der Waals surface area contributed by atoms with Crippen molar-refractivity contribution in [3.63, 3.8) is 0 Å². The van der Waals surface area contributed by atoms with Crippen molar-refractivity contribution in [2.45, 2.75) is 26.7 Å². The zero-order valence-electron chi connectivity index (χ0n) is 14.9. The van der Waals surface area contributed by atoms with Crippen LogP contribution in [0.4, 0.5) is 0 Å². The number of likely N-dealkylation sites (tertiary alicyclic amines) is 1. The predicted molar refractivity (Wildman–Crippen MR) is 93.3 cm³/mol. The van der Waals surface area contributed by atoms with Crippen molar-refractivity contribution in [2.75, 3.05) is 33.2 Å². The van der Waals surface area contributed by atoms with E-state index in [1.54, 1.807) is 34.3 Å². The molecule has 2 N–H and O–H groups in total. The maximum absolute atomic E-state index is 12.7. The molecule has 1 saturated heterocycles. The van der Waals surface area contributed by atoms with Crippen LogP contribution in [-0.2, 0) is 4.79 Å². The second-order valence-electron chi connectivity index (χ2n) is 7.39. The van der Waals surface area contributed by atoms with Gasteiger partial charge in [0.05, 0.1) is 5.92 Å². The van der Waals surface area contributed by atoms with Crippen molar-refractivity contribution >= 4 is 11.8 Å². The summed E-state index contributed by atoms with van der Waals surface area (Å²) in [5.74, 6) is -0.0632. The maximum Gasteiger partial charge on any atom is 0.253 e. The van der Waals surface area contributed by atoms with E-state index in [-0.39, 0.29) is 23.1 Å². The average molecular weight is 332 g/mol. The quantitative estimate of drug-likeness (QED) is 0.883. The number of amides is 2. The van der Waals surface area contributed by atoms with Crippen LogP contribution in [0.1, 0.15) is 37.0 Å². The topological polar surface area (TPSA) is 79.5 Å². The number of hydrogen-bond donors (Lipinski definition) is 1. The minimum atomic E-state index is -0.136. The van der Waals surface area contributed by atoms with E-state index in [0.29, 0.717) is 31.7 Å². The molecule has 1 unspecified atom stereocenters. The van der Waals surface area contributed by atoms with Crippen LogP contribution in [0.2, 0.25) is 0 Å². The maximum atomic E-state index is 12.7. The average Bonchev–Trinajstić information content (AvgIpc) is 2.61. The van der Waals surface area contributed by atoms with Gasteiger partial charge in [-0.15, -0.1) is 0 Å². The molecule has 6 heteroatoms. The predicted octanol–water partition coefficient (Wildman–Crippen LogP) is 1.38. The summed E-state index contributed by atoms with van der Waals surface area (Å²) in [4.78, 5) is 32.8. The number of piperidine rings is 1. The smallest absolute Gasteiger partial charge is 0.253 e. The molecule has 1 aliphatic heterocycles. The summed E-state index contributed by atoms with van der Waals surface area (Å²) in [6.45, 7) is 6.43. The normalized spacial score (nSPS) is 18.3. The first-order valence-electron chi connectivity index (χ1n) is 8.48. The molecule has 0 aliphatic carbocycles. The Kier molecular flexibility index (Phi) is 5.94. The molecule has 0 aromatic carbocycles. The lowest BCUT2D eigenvalue weighted by atomic mass is 9.91. The number of nitrogens with two attached hydrogens (primary N) is 1. The lowest BCUT2D eigenvalue weighted by molar-refractivity contribution is -0.136. The first-order valence-corrected chi connectivity index (χ1v) is 8.48. The zero-order valence-corrected chi connectivity index (χ0v) is 14.9. The second-order valence-corrected chi connectivity index (χ2v) is 7.39. The molecule has 0 radical (unpaired) electrons. The Bertz CT molecular complexity index is 574. The van der Waals surface area contributed by atoms with Crippen molar-refractivity contribution in [1.82, 2.24) is 14.8 Å². The molecule has 1 atom stereocenters. The van der Waals surface area contributed by atoms with Crippen LogP contribution in [0.5, 0.6) is 0 Å². The summed E-state index contributed by atoms with van der Waals surface area (Å²) in [5, 5.41) is 0. The van der Waals surface area contributed by atoms with E-state index in [2.05, 4.69) is 18.8 Å². The lowest BCUT2D eigenvalue weighted by Crippen LogP contribution is -2.48.